The maximum absolute atomic E-state index is 6.45. The molecule has 120 valence electrons. The second kappa shape index (κ2) is 7.39. The molecule has 4 heteroatoms. The van der Waals surface area contributed by atoms with Crippen LogP contribution in [0.3, 0.4) is 0 Å². The van der Waals surface area contributed by atoms with Crippen molar-refractivity contribution in [3.05, 3.63) is 69.7 Å². The zero-order valence-electron chi connectivity index (χ0n) is 13.1. The van der Waals surface area contributed by atoms with Gasteiger partial charge in [-0.05, 0) is 29.7 Å². The Morgan fingerprint density at radius 3 is 2.61 bits per heavy atom. The van der Waals surface area contributed by atoms with E-state index in [0.717, 1.165) is 37.4 Å². The molecule has 2 aromatic rings. The minimum absolute atomic E-state index is 0.559. The Morgan fingerprint density at radius 1 is 1.09 bits per heavy atom. The summed E-state index contributed by atoms with van der Waals surface area (Å²) in [6.45, 7) is 2.81. The molecular formula is C19H19Cl2NO. The molecule has 0 amide bonds. The van der Waals surface area contributed by atoms with E-state index in [4.69, 9.17) is 27.9 Å². The lowest BCUT2D eigenvalue weighted by molar-refractivity contribution is 0.296. The number of hydrogen-bond donors (Lipinski definition) is 0. The smallest absolute Gasteiger partial charge is 0.128 e. The Kier molecular flexibility index (Phi) is 5.27. The Labute approximate surface area is 147 Å². The molecule has 2 nitrogen and oxygen atoms in total. The lowest BCUT2D eigenvalue weighted by Gasteiger charge is -2.28. The van der Waals surface area contributed by atoms with Crippen molar-refractivity contribution in [1.29, 1.82) is 0 Å². The molecule has 0 saturated carbocycles. The zero-order valence-corrected chi connectivity index (χ0v) is 14.6. The third-order valence-electron chi connectivity index (χ3n) is 4.08. The molecule has 0 fully saturated rings. The highest BCUT2D eigenvalue weighted by Crippen LogP contribution is 2.39. The summed E-state index contributed by atoms with van der Waals surface area (Å²) >= 11 is 12.6. The van der Waals surface area contributed by atoms with Crippen molar-refractivity contribution in [3.63, 3.8) is 0 Å². The van der Waals surface area contributed by atoms with Crippen molar-refractivity contribution in [2.45, 2.75) is 13.0 Å². The van der Waals surface area contributed by atoms with Gasteiger partial charge in [0.1, 0.15) is 5.75 Å². The fraction of sp³-hybridized carbons (Fsp3) is 0.263. The quantitative estimate of drug-likeness (QED) is 0.744. The molecule has 1 aliphatic heterocycles. The normalized spacial score (nSPS) is 15.3. The van der Waals surface area contributed by atoms with Crippen molar-refractivity contribution in [3.8, 4) is 5.75 Å². The molecule has 1 heterocycles. The topological polar surface area (TPSA) is 12.5 Å². The molecular weight excluding hydrogens is 329 g/mol. The Bertz CT molecular complexity index is 713. The van der Waals surface area contributed by atoms with Crippen molar-refractivity contribution in [1.82, 2.24) is 4.90 Å². The van der Waals surface area contributed by atoms with E-state index in [0.29, 0.717) is 10.0 Å². The van der Waals surface area contributed by atoms with Gasteiger partial charge in [-0.3, -0.25) is 4.90 Å². The van der Waals surface area contributed by atoms with Gasteiger partial charge >= 0.3 is 0 Å². The maximum Gasteiger partial charge on any atom is 0.128 e. The largest absolute Gasteiger partial charge is 0.496 e. The van der Waals surface area contributed by atoms with E-state index >= 15 is 0 Å². The first-order valence-electron chi connectivity index (χ1n) is 7.66. The zero-order chi connectivity index (χ0) is 16.2. The van der Waals surface area contributed by atoms with Gasteiger partial charge in [0.2, 0.25) is 0 Å². The van der Waals surface area contributed by atoms with E-state index in [1.54, 1.807) is 13.2 Å². The summed E-state index contributed by atoms with van der Waals surface area (Å²) in [5.74, 6) is 0.771. The summed E-state index contributed by atoms with van der Waals surface area (Å²) < 4.78 is 5.49. The van der Waals surface area contributed by atoms with Crippen LogP contribution in [-0.2, 0) is 6.54 Å². The number of methoxy groups -OCH3 is 1. The van der Waals surface area contributed by atoms with E-state index in [1.165, 1.54) is 11.1 Å². The summed E-state index contributed by atoms with van der Waals surface area (Å²) in [7, 11) is 1.66. The number of ether oxygens (including phenoxy) is 1. The van der Waals surface area contributed by atoms with Gasteiger partial charge in [-0.1, -0.05) is 59.6 Å². The van der Waals surface area contributed by atoms with Crippen LogP contribution in [0.15, 0.2) is 48.5 Å². The van der Waals surface area contributed by atoms with Crippen molar-refractivity contribution >= 4 is 28.8 Å². The highest BCUT2D eigenvalue weighted by Gasteiger charge is 2.20. The molecule has 23 heavy (non-hydrogen) atoms. The van der Waals surface area contributed by atoms with Crippen LogP contribution in [-0.4, -0.2) is 25.1 Å². The van der Waals surface area contributed by atoms with E-state index in [1.807, 2.05) is 12.1 Å². The SMILES string of the molecule is COc1ccc(Cl)c(Cl)c1C1=CCCN(Cc2ccccc2)C1. The molecule has 0 aliphatic carbocycles. The number of rotatable bonds is 4. The minimum Gasteiger partial charge on any atom is -0.496 e. The summed E-state index contributed by atoms with van der Waals surface area (Å²) in [5, 5.41) is 1.13. The van der Waals surface area contributed by atoms with Crippen LogP contribution in [0, 0.1) is 0 Å². The first kappa shape index (κ1) is 16.4. The summed E-state index contributed by atoms with van der Waals surface area (Å²) in [6.07, 6.45) is 3.23. The first-order chi connectivity index (χ1) is 11.2. The maximum atomic E-state index is 6.45. The molecule has 0 bridgehead atoms. The average Bonchev–Trinajstić information content (AvgIpc) is 2.58. The predicted molar refractivity (Wildman–Crippen MR) is 97.3 cm³/mol. The standard InChI is InChI=1S/C19H19Cl2NO/c1-23-17-10-9-16(20)19(21)18(17)15-8-5-11-22(13-15)12-14-6-3-2-4-7-14/h2-4,6-10H,5,11-13H2,1H3. The van der Waals surface area contributed by atoms with Crippen LogP contribution in [0.5, 0.6) is 5.75 Å². The van der Waals surface area contributed by atoms with Crippen LogP contribution in [0.1, 0.15) is 17.5 Å². The highest BCUT2D eigenvalue weighted by atomic mass is 35.5. The fourth-order valence-electron chi connectivity index (χ4n) is 2.97. The lowest BCUT2D eigenvalue weighted by Crippen LogP contribution is -2.29. The van der Waals surface area contributed by atoms with Gasteiger partial charge in [0.15, 0.2) is 0 Å². The second-order valence-electron chi connectivity index (χ2n) is 5.65. The van der Waals surface area contributed by atoms with Gasteiger partial charge in [-0.15, -0.1) is 0 Å². The number of halogens is 2. The Morgan fingerprint density at radius 2 is 1.87 bits per heavy atom. The number of nitrogens with zero attached hydrogens (tertiary/aromatic N) is 1. The van der Waals surface area contributed by atoms with Crippen molar-refractivity contribution < 1.29 is 4.74 Å². The molecule has 0 aromatic heterocycles. The van der Waals surface area contributed by atoms with Crippen LogP contribution in [0.4, 0.5) is 0 Å². The summed E-state index contributed by atoms with van der Waals surface area (Å²) in [5.41, 5.74) is 3.41. The third kappa shape index (κ3) is 3.72. The molecule has 0 unspecified atom stereocenters. The van der Waals surface area contributed by atoms with E-state index in [2.05, 4.69) is 35.2 Å². The van der Waals surface area contributed by atoms with E-state index in [-0.39, 0.29) is 0 Å². The minimum atomic E-state index is 0.559. The molecule has 0 N–H and O–H groups in total. The second-order valence-corrected chi connectivity index (χ2v) is 6.44. The first-order valence-corrected chi connectivity index (χ1v) is 8.42. The number of benzene rings is 2. The molecule has 1 aliphatic rings. The predicted octanol–water partition coefficient (Wildman–Crippen LogP) is 5.29. The van der Waals surface area contributed by atoms with Gasteiger partial charge in [-0.2, -0.15) is 0 Å². The highest BCUT2D eigenvalue weighted by molar-refractivity contribution is 6.43. The molecule has 0 radical (unpaired) electrons. The van der Waals surface area contributed by atoms with Crippen molar-refractivity contribution in [2.24, 2.45) is 0 Å². The van der Waals surface area contributed by atoms with Crippen LogP contribution in [0.2, 0.25) is 10.0 Å². The van der Waals surface area contributed by atoms with Crippen LogP contribution < -0.4 is 4.74 Å². The fourth-order valence-corrected chi connectivity index (χ4v) is 3.40. The lowest BCUT2D eigenvalue weighted by atomic mass is 9.99. The van der Waals surface area contributed by atoms with Gasteiger partial charge in [0, 0.05) is 25.2 Å². The average molecular weight is 348 g/mol. The Balaban J connectivity index is 1.84. The van der Waals surface area contributed by atoms with Crippen LogP contribution >= 0.6 is 23.2 Å². The molecule has 0 spiro atoms. The van der Waals surface area contributed by atoms with Gasteiger partial charge in [0.05, 0.1) is 17.2 Å². The van der Waals surface area contributed by atoms with Crippen molar-refractivity contribution in [2.75, 3.05) is 20.2 Å². The molecule has 3 rings (SSSR count). The monoisotopic (exact) mass is 347 g/mol. The summed E-state index contributed by atoms with van der Waals surface area (Å²) in [4.78, 5) is 2.42. The number of hydrogen-bond acceptors (Lipinski definition) is 2. The van der Waals surface area contributed by atoms with Gasteiger partial charge in [0.25, 0.3) is 0 Å². The van der Waals surface area contributed by atoms with Gasteiger partial charge < -0.3 is 4.74 Å². The van der Waals surface area contributed by atoms with E-state index < -0.39 is 0 Å². The Hall–Kier alpha value is -1.48. The molecule has 2 aromatic carbocycles. The third-order valence-corrected chi connectivity index (χ3v) is 4.88. The summed E-state index contributed by atoms with van der Waals surface area (Å²) in [6, 6.07) is 14.2. The van der Waals surface area contributed by atoms with Crippen LogP contribution in [0.25, 0.3) is 5.57 Å². The molecule has 0 atom stereocenters. The molecule has 0 saturated heterocycles. The van der Waals surface area contributed by atoms with Gasteiger partial charge in [-0.25, -0.2) is 0 Å². The van der Waals surface area contributed by atoms with E-state index in [9.17, 15) is 0 Å².